The molecule has 1 atom stereocenters. The number of Topliss-reactive ketones (excluding diaryl/α,β-unsaturated/α-hetero) is 1. The summed E-state index contributed by atoms with van der Waals surface area (Å²) in [6.45, 7) is 4.89. The number of ether oxygens (including phenoxy) is 1. The summed E-state index contributed by atoms with van der Waals surface area (Å²) < 4.78 is 18.7. The molecule has 3 rings (SSSR count). The zero-order chi connectivity index (χ0) is 21.1. The van der Waals surface area contributed by atoms with Crippen LogP contribution in [0.25, 0.3) is 10.9 Å². The molecule has 1 N–H and O–H groups in total. The number of esters is 1. The van der Waals surface area contributed by atoms with E-state index in [0.29, 0.717) is 28.0 Å². The number of amides is 1. The number of nitrogens with one attached hydrogen (secondary N) is 1. The van der Waals surface area contributed by atoms with Crippen molar-refractivity contribution in [3.05, 3.63) is 63.2 Å². The maximum atomic E-state index is 13.4. The third kappa shape index (κ3) is 4.83. The van der Waals surface area contributed by atoms with Crippen LogP contribution in [0.15, 0.2) is 36.4 Å². The van der Waals surface area contributed by atoms with Gasteiger partial charge in [-0.2, -0.15) is 0 Å². The Morgan fingerprint density at radius 1 is 1.21 bits per heavy atom. The van der Waals surface area contributed by atoms with Crippen LogP contribution in [0.2, 0.25) is 0 Å². The number of rotatable bonds is 6. The number of benzene rings is 1. The Morgan fingerprint density at radius 3 is 2.69 bits per heavy atom. The molecule has 3 aromatic rings. The molecule has 2 heterocycles. The van der Waals surface area contributed by atoms with E-state index < -0.39 is 17.9 Å². The first kappa shape index (κ1) is 20.6. The first-order valence-electron chi connectivity index (χ1n) is 8.90. The van der Waals surface area contributed by atoms with Gasteiger partial charge in [-0.05, 0) is 44.2 Å². The Labute approximate surface area is 170 Å². The zero-order valence-corrected chi connectivity index (χ0v) is 16.9. The monoisotopic (exact) mass is 414 g/mol. The van der Waals surface area contributed by atoms with E-state index in [4.69, 9.17) is 4.74 Å². The number of hydrogen-bond acceptors (Lipinski definition) is 6. The van der Waals surface area contributed by atoms with Gasteiger partial charge in [0.15, 0.2) is 6.10 Å². The van der Waals surface area contributed by atoms with Crippen molar-refractivity contribution in [2.24, 2.45) is 0 Å². The van der Waals surface area contributed by atoms with Gasteiger partial charge in [-0.1, -0.05) is 0 Å². The van der Waals surface area contributed by atoms with Crippen LogP contribution < -0.4 is 5.32 Å². The number of thiophene rings is 1. The molecule has 0 saturated heterocycles. The number of hydrogen-bond donors (Lipinski definition) is 1. The average Bonchev–Trinajstić information content (AvgIpc) is 3.13. The number of aromatic nitrogens is 1. The molecule has 8 heteroatoms. The zero-order valence-electron chi connectivity index (χ0n) is 16.1. The molecule has 0 spiro atoms. The van der Waals surface area contributed by atoms with Gasteiger partial charge in [0, 0.05) is 23.3 Å². The molecule has 6 nitrogen and oxygen atoms in total. The number of nitrogens with zero attached hydrogens (tertiary/aromatic N) is 1. The Kier molecular flexibility index (Phi) is 6.03. The van der Waals surface area contributed by atoms with Crippen molar-refractivity contribution >= 4 is 39.9 Å². The van der Waals surface area contributed by atoms with Gasteiger partial charge in [0.1, 0.15) is 5.82 Å². The van der Waals surface area contributed by atoms with Gasteiger partial charge < -0.3 is 10.1 Å². The van der Waals surface area contributed by atoms with Gasteiger partial charge in [-0.25, -0.2) is 9.18 Å². The third-order valence-electron chi connectivity index (χ3n) is 4.26. The number of pyridine rings is 1. The van der Waals surface area contributed by atoms with Crippen LogP contribution in [0.1, 0.15) is 44.4 Å². The number of carbonyl (C=O) groups is 3. The van der Waals surface area contributed by atoms with Gasteiger partial charge in [0.25, 0.3) is 0 Å². The molecular formula is C21H19FN2O4S. The van der Waals surface area contributed by atoms with Crippen molar-refractivity contribution in [1.82, 2.24) is 10.3 Å². The fourth-order valence-electron chi connectivity index (χ4n) is 2.74. The second-order valence-corrected chi connectivity index (χ2v) is 7.71. The van der Waals surface area contributed by atoms with Gasteiger partial charge in [0.05, 0.1) is 28.2 Å². The standard InChI is InChI=1S/C21H19FN2O4S/c1-11-17(8-14-4-5-15(22)9-18(14)24-11)21(27)28-12(2)20(26)19-7-6-16(29-19)10-23-13(3)25/h4-9,12H,10H2,1-3H3,(H,23,25). The fourth-order valence-corrected chi connectivity index (χ4v) is 3.70. The van der Waals surface area contributed by atoms with Crippen LogP contribution in [0.5, 0.6) is 0 Å². The summed E-state index contributed by atoms with van der Waals surface area (Å²) >= 11 is 1.24. The molecule has 0 aliphatic carbocycles. The molecule has 2 aromatic heterocycles. The first-order chi connectivity index (χ1) is 13.7. The SMILES string of the molecule is CC(=O)NCc1ccc(C(=O)C(C)OC(=O)c2cc3ccc(F)cc3nc2C)s1. The van der Waals surface area contributed by atoms with E-state index in [0.717, 1.165) is 4.88 Å². The van der Waals surface area contributed by atoms with Crippen LogP contribution in [0.4, 0.5) is 4.39 Å². The molecule has 0 saturated carbocycles. The number of ketones is 1. The predicted molar refractivity (Wildman–Crippen MR) is 107 cm³/mol. The summed E-state index contributed by atoms with van der Waals surface area (Å²) in [4.78, 5) is 41.7. The van der Waals surface area contributed by atoms with E-state index in [1.807, 2.05) is 0 Å². The Morgan fingerprint density at radius 2 is 1.97 bits per heavy atom. The van der Waals surface area contributed by atoms with E-state index >= 15 is 0 Å². The molecular weight excluding hydrogens is 395 g/mol. The molecule has 29 heavy (non-hydrogen) atoms. The number of aryl methyl sites for hydroxylation is 1. The smallest absolute Gasteiger partial charge is 0.340 e. The van der Waals surface area contributed by atoms with Crippen LogP contribution in [-0.2, 0) is 16.1 Å². The largest absolute Gasteiger partial charge is 0.451 e. The van der Waals surface area contributed by atoms with E-state index in [1.54, 1.807) is 25.1 Å². The lowest BCUT2D eigenvalue weighted by Crippen LogP contribution is -2.24. The van der Waals surface area contributed by atoms with Gasteiger partial charge >= 0.3 is 5.97 Å². The maximum absolute atomic E-state index is 13.4. The third-order valence-corrected chi connectivity index (χ3v) is 5.36. The van der Waals surface area contributed by atoms with Crippen molar-refractivity contribution in [2.75, 3.05) is 0 Å². The molecule has 150 valence electrons. The number of fused-ring (bicyclic) bond motifs is 1. The molecule has 1 aromatic carbocycles. The summed E-state index contributed by atoms with van der Waals surface area (Å²) in [5.74, 6) is -1.56. The number of halogens is 1. The summed E-state index contributed by atoms with van der Waals surface area (Å²) in [6, 6.07) is 9.08. The molecule has 0 aliphatic heterocycles. The first-order valence-corrected chi connectivity index (χ1v) is 9.71. The molecule has 0 aliphatic rings. The van der Waals surface area contributed by atoms with Gasteiger partial charge in [-0.15, -0.1) is 11.3 Å². The van der Waals surface area contributed by atoms with E-state index in [9.17, 15) is 18.8 Å². The summed E-state index contributed by atoms with van der Waals surface area (Å²) in [7, 11) is 0. The van der Waals surface area contributed by atoms with E-state index in [-0.39, 0.29) is 17.3 Å². The highest BCUT2D eigenvalue weighted by Gasteiger charge is 2.23. The lowest BCUT2D eigenvalue weighted by Gasteiger charge is -2.13. The van der Waals surface area contributed by atoms with Crippen molar-refractivity contribution in [3.8, 4) is 0 Å². The Bertz CT molecular complexity index is 1110. The molecule has 0 bridgehead atoms. The van der Waals surface area contributed by atoms with Crippen LogP contribution in [0.3, 0.4) is 0 Å². The second-order valence-electron chi connectivity index (χ2n) is 6.55. The van der Waals surface area contributed by atoms with Crippen molar-refractivity contribution in [1.29, 1.82) is 0 Å². The normalized spacial score (nSPS) is 11.9. The molecule has 0 radical (unpaired) electrons. The summed E-state index contributed by atoms with van der Waals surface area (Å²) in [5, 5.41) is 3.27. The minimum Gasteiger partial charge on any atom is -0.451 e. The van der Waals surface area contributed by atoms with Crippen molar-refractivity contribution in [3.63, 3.8) is 0 Å². The van der Waals surface area contributed by atoms with Crippen LogP contribution >= 0.6 is 11.3 Å². The van der Waals surface area contributed by atoms with Gasteiger partial charge in [0.2, 0.25) is 11.7 Å². The highest BCUT2D eigenvalue weighted by Crippen LogP contribution is 2.21. The average molecular weight is 414 g/mol. The lowest BCUT2D eigenvalue weighted by atomic mass is 10.1. The Balaban J connectivity index is 1.72. The lowest BCUT2D eigenvalue weighted by molar-refractivity contribution is -0.119. The molecule has 1 amide bonds. The van der Waals surface area contributed by atoms with Crippen LogP contribution in [-0.4, -0.2) is 28.7 Å². The topological polar surface area (TPSA) is 85.4 Å². The molecule has 0 fully saturated rings. The Hall–Kier alpha value is -3.13. The fraction of sp³-hybridized carbons (Fsp3) is 0.238. The van der Waals surface area contributed by atoms with Crippen molar-refractivity contribution in [2.45, 2.75) is 33.4 Å². The highest BCUT2D eigenvalue weighted by atomic mass is 32.1. The summed E-state index contributed by atoms with van der Waals surface area (Å²) in [5.41, 5.74) is 1.05. The second kappa shape index (κ2) is 8.48. The van der Waals surface area contributed by atoms with E-state index in [1.165, 1.54) is 43.4 Å². The minimum absolute atomic E-state index is 0.157. The maximum Gasteiger partial charge on any atom is 0.340 e. The summed E-state index contributed by atoms with van der Waals surface area (Å²) in [6.07, 6.45) is -0.988. The number of carbonyl (C=O) groups excluding carboxylic acids is 3. The van der Waals surface area contributed by atoms with Gasteiger partial charge in [-0.3, -0.25) is 14.6 Å². The van der Waals surface area contributed by atoms with Crippen molar-refractivity contribution < 1.29 is 23.5 Å². The highest BCUT2D eigenvalue weighted by molar-refractivity contribution is 7.14. The predicted octanol–water partition coefficient (Wildman–Crippen LogP) is 3.81. The quantitative estimate of drug-likeness (QED) is 0.490. The van der Waals surface area contributed by atoms with E-state index in [2.05, 4.69) is 10.3 Å². The molecule has 1 unspecified atom stereocenters. The van der Waals surface area contributed by atoms with Crippen LogP contribution in [0, 0.1) is 12.7 Å². The minimum atomic E-state index is -0.988.